The molecule has 2 N–H and O–H groups in total. The van der Waals surface area contributed by atoms with E-state index in [1.165, 1.54) is 12.1 Å². The third-order valence-electron chi connectivity index (χ3n) is 3.29. The second-order valence-electron chi connectivity index (χ2n) is 5.05. The van der Waals surface area contributed by atoms with Gasteiger partial charge in [0.05, 0.1) is 23.7 Å². The number of amides is 1. The van der Waals surface area contributed by atoms with Crippen molar-refractivity contribution < 1.29 is 17.6 Å². The molecule has 0 saturated carbocycles. The van der Waals surface area contributed by atoms with Gasteiger partial charge in [0.2, 0.25) is 5.91 Å². The van der Waals surface area contributed by atoms with E-state index >= 15 is 0 Å². The van der Waals surface area contributed by atoms with E-state index in [4.69, 9.17) is 11.6 Å². The van der Waals surface area contributed by atoms with E-state index in [2.05, 4.69) is 10.6 Å². The van der Waals surface area contributed by atoms with Crippen molar-refractivity contribution >= 4 is 33.0 Å². The number of hydrogen-bond donors (Lipinski definition) is 2. The van der Waals surface area contributed by atoms with Crippen molar-refractivity contribution in [2.75, 3.05) is 29.9 Å². The van der Waals surface area contributed by atoms with Gasteiger partial charge in [-0.3, -0.25) is 4.79 Å². The standard InChI is InChI=1S/C13H16ClFN2O3S/c14-10-1-2-12(11(15)5-10)16-7-13(18)17-6-9-3-4-21(19,20)8-9/h1-2,5,9,16H,3-4,6-8H2,(H,17,18). The maximum Gasteiger partial charge on any atom is 0.239 e. The van der Waals surface area contributed by atoms with Gasteiger partial charge in [0.1, 0.15) is 5.82 Å². The second-order valence-corrected chi connectivity index (χ2v) is 7.72. The van der Waals surface area contributed by atoms with E-state index < -0.39 is 15.7 Å². The summed E-state index contributed by atoms with van der Waals surface area (Å²) in [7, 11) is -2.94. The Morgan fingerprint density at radius 3 is 2.81 bits per heavy atom. The van der Waals surface area contributed by atoms with E-state index in [9.17, 15) is 17.6 Å². The number of carbonyl (C=O) groups excluding carboxylic acids is 1. The minimum Gasteiger partial charge on any atom is -0.374 e. The fourth-order valence-corrected chi connectivity index (χ4v) is 4.18. The number of rotatable bonds is 5. The molecule has 8 heteroatoms. The van der Waals surface area contributed by atoms with Crippen LogP contribution in [-0.2, 0) is 14.6 Å². The molecule has 0 spiro atoms. The minimum atomic E-state index is -2.94. The lowest BCUT2D eigenvalue weighted by atomic mass is 10.1. The van der Waals surface area contributed by atoms with Crippen LogP contribution in [0.4, 0.5) is 10.1 Å². The van der Waals surface area contributed by atoms with Gasteiger partial charge in [-0.1, -0.05) is 11.6 Å². The molecule has 2 rings (SSSR count). The summed E-state index contributed by atoms with van der Waals surface area (Å²) in [6.45, 7) is 0.237. The monoisotopic (exact) mass is 334 g/mol. The number of hydrogen-bond acceptors (Lipinski definition) is 4. The highest BCUT2D eigenvalue weighted by atomic mass is 35.5. The van der Waals surface area contributed by atoms with Gasteiger partial charge in [0.15, 0.2) is 9.84 Å². The molecule has 1 aromatic rings. The minimum absolute atomic E-state index is 0.0359. The Balaban J connectivity index is 1.75. The van der Waals surface area contributed by atoms with Crippen LogP contribution < -0.4 is 10.6 Å². The van der Waals surface area contributed by atoms with Gasteiger partial charge in [0, 0.05) is 11.6 Å². The molecule has 1 amide bonds. The zero-order valence-corrected chi connectivity index (χ0v) is 12.8. The molecular formula is C13H16ClFN2O3S. The van der Waals surface area contributed by atoms with Gasteiger partial charge >= 0.3 is 0 Å². The van der Waals surface area contributed by atoms with Gasteiger partial charge in [-0.2, -0.15) is 0 Å². The van der Waals surface area contributed by atoms with Crippen molar-refractivity contribution in [1.29, 1.82) is 0 Å². The van der Waals surface area contributed by atoms with Crippen LogP contribution in [0, 0.1) is 11.7 Å². The van der Waals surface area contributed by atoms with Crippen LogP contribution in [0.15, 0.2) is 18.2 Å². The highest BCUT2D eigenvalue weighted by Gasteiger charge is 2.27. The van der Waals surface area contributed by atoms with E-state index in [0.717, 1.165) is 6.07 Å². The fraction of sp³-hybridized carbons (Fsp3) is 0.462. The first-order valence-corrected chi connectivity index (χ1v) is 8.72. The SMILES string of the molecule is O=C(CNc1ccc(Cl)cc1F)NCC1CCS(=O)(=O)C1. The van der Waals surface area contributed by atoms with Crippen LogP contribution in [0.5, 0.6) is 0 Å². The fourth-order valence-electron chi connectivity index (χ4n) is 2.16. The molecule has 0 aliphatic carbocycles. The molecule has 21 heavy (non-hydrogen) atoms. The maximum absolute atomic E-state index is 13.5. The van der Waals surface area contributed by atoms with Gasteiger partial charge in [0.25, 0.3) is 0 Å². The number of anilines is 1. The van der Waals surface area contributed by atoms with E-state index in [0.29, 0.717) is 13.0 Å². The van der Waals surface area contributed by atoms with E-state index in [1.54, 1.807) is 0 Å². The zero-order chi connectivity index (χ0) is 15.5. The summed E-state index contributed by atoms with van der Waals surface area (Å²) in [6.07, 6.45) is 0.571. The predicted molar refractivity (Wildman–Crippen MR) is 79.7 cm³/mol. The van der Waals surface area contributed by atoms with Crippen LogP contribution >= 0.6 is 11.6 Å². The van der Waals surface area contributed by atoms with Crippen LogP contribution in [-0.4, -0.2) is 38.9 Å². The lowest BCUT2D eigenvalue weighted by molar-refractivity contribution is -0.119. The number of halogens is 2. The Kier molecular flexibility index (Phi) is 5.05. The average Bonchev–Trinajstić information content (AvgIpc) is 2.75. The summed E-state index contributed by atoms with van der Waals surface area (Å²) in [5, 5.41) is 5.60. The first kappa shape index (κ1) is 16.0. The van der Waals surface area contributed by atoms with Gasteiger partial charge in [-0.15, -0.1) is 0 Å². The Morgan fingerprint density at radius 1 is 1.43 bits per heavy atom. The largest absolute Gasteiger partial charge is 0.374 e. The van der Waals surface area contributed by atoms with Crippen molar-refractivity contribution in [3.63, 3.8) is 0 Å². The lowest BCUT2D eigenvalue weighted by Gasteiger charge is -2.11. The molecule has 0 aromatic heterocycles. The normalized spacial score (nSPS) is 20.2. The van der Waals surface area contributed by atoms with Gasteiger partial charge in [-0.25, -0.2) is 12.8 Å². The molecule has 1 aromatic carbocycles. The first-order valence-electron chi connectivity index (χ1n) is 6.52. The molecule has 1 aliphatic rings. The summed E-state index contributed by atoms with van der Waals surface area (Å²) in [4.78, 5) is 11.6. The van der Waals surface area contributed by atoms with E-state index in [-0.39, 0.29) is 40.6 Å². The molecule has 5 nitrogen and oxygen atoms in total. The highest BCUT2D eigenvalue weighted by molar-refractivity contribution is 7.91. The third-order valence-corrected chi connectivity index (χ3v) is 5.36. The highest BCUT2D eigenvalue weighted by Crippen LogP contribution is 2.19. The van der Waals surface area contributed by atoms with Gasteiger partial charge in [-0.05, 0) is 30.5 Å². The quantitative estimate of drug-likeness (QED) is 0.854. The second kappa shape index (κ2) is 6.62. The summed E-state index contributed by atoms with van der Waals surface area (Å²) >= 11 is 5.63. The number of carbonyl (C=O) groups is 1. The van der Waals surface area contributed by atoms with Crippen molar-refractivity contribution in [2.24, 2.45) is 5.92 Å². The number of benzene rings is 1. The Bertz CT molecular complexity index is 636. The molecule has 1 atom stereocenters. The van der Waals surface area contributed by atoms with Crippen LogP contribution in [0.1, 0.15) is 6.42 Å². The smallest absolute Gasteiger partial charge is 0.239 e. The summed E-state index contributed by atoms with van der Waals surface area (Å²) in [5.74, 6) is -0.578. The molecule has 1 unspecified atom stereocenters. The average molecular weight is 335 g/mol. The van der Waals surface area contributed by atoms with Crippen molar-refractivity contribution in [1.82, 2.24) is 5.32 Å². The third kappa shape index (κ3) is 4.86. The van der Waals surface area contributed by atoms with Crippen LogP contribution in [0.25, 0.3) is 0 Å². The Hall–Kier alpha value is -1.34. The number of nitrogens with one attached hydrogen (secondary N) is 2. The summed E-state index contributed by atoms with van der Waals surface area (Å²) in [6, 6.07) is 4.13. The lowest BCUT2D eigenvalue weighted by Crippen LogP contribution is -2.34. The maximum atomic E-state index is 13.5. The van der Waals surface area contributed by atoms with Crippen molar-refractivity contribution in [3.8, 4) is 0 Å². The zero-order valence-electron chi connectivity index (χ0n) is 11.2. The van der Waals surface area contributed by atoms with E-state index in [1.807, 2.05) is 0 Å². The molecule has 1 fully saturated rings. The summed E-state index contributed by atoms with van der Waals surface area (Å²) < 4.78 is 36.0. The molecule has 1 aliphatic heterocycles. The molecule has 1 heterocycles. The predicted octanol–water partition coefficient (Wildman–Crippen LogP) is 1.44. The van der Waals surface area contributed by atoms with Crippen molar-refractivity contribution in [3.05, 3.63) is 29.0 Å². The molecule has 116 valence electrons. The summed E-state index contributed by atoms with van der Waals surface area (Å²) in [5.41, 5.74) is 0.193. The van der Waals surface area contributed by atoms with Gasteiger partial charge < -0.3 is 10.6 Å². The number of sulfone groups is 1. The molecular weight excluding hydrogens is 319 g/mol. The Labute approximate surface area is 127 Å². The molecule has 0 radical (unpaired) electrons. The Morgan fingerprint density at radius 2 is 2.19 bits per heavy atom. The van der Waals surface area contributed by atoms with Crippen LogP contribution in [0.3, 0.4) is 0 Å². The topological polar surface area (TPSA) is 75.3 Å². The molecule has 0 bridgehead atoms. The molecule has 1 saturated heterocycles. The van der Waals surface area contributed by atoms with Crippen LogP contribution in [0.2, 0.25) is 5.02 Å². The first-order chi connectivity index (χ1) is 9.85. The van der Waals surface area contributed by atoms with Crippen molar-refractivity contribution in [2.45, 2.75) is 6.42 Å².